The normalized spacial score (nSPS) is 23.4. The first-order chi connectivity index (χ1) is 14.1. The number of carbonyl (C=O) groups is 1. The molecule has 0 aliphatic carbocycles. The van der Waals surface area contributed by atoms with Gasteiger partial charge in [0.1, 0.15) is 0 Å². The Kier molecular flexibility index (Phi) is 4.67. The van der Waals surface area contributed by atoms with Crippen LogP contribution in [0, 0.1) is 5.92 Å². The first kappa shape index (κ1) is 18.1. The van der Waals surface area contributed by atoms with E-state index in [9.17, 15) is 9.59 Å². The number of carbonyl (C=O) groups excluding carboxylic acids is 1. The van der Waals surface area contributed by atoms with E-state index < -0.39 is 0 Å². The first-order valence-electron chi connectivity index (χ1n) is 10.3. The fraction of sp³-hybridized carbons (Fsp3) is 0.409. The molecule has 2 aromatic heterocycles. The number of rotatable bonds is 5. The summed E-state index contributed by atoms with van der Waals surface area (Å²) in [7, 11) is 0. The average Bonchev–Trinajstić information content (AvgIpc) is 3.21. The molecule has 2 aliphatic heterocycles. The molecular formula is C22H25N5O2. The highest BCUT2D eigenvalue weighted by atomic mass is 16.2. The third kappa shape index (κ3) is 3.82. The molecule has 150 valence electrons. The topological polar surface area (TPSA) is 80.4 Å². The van der Waals surface area contributed by atoms with Crippen LogP contribution >= 0.6 is 0 Å². The van der Waals surface area contributed by atoms with Crippen LogP contribution in [0.4, 0.5) is 5.69 Å². The highest BCUT2D eigenvalue weighted by molar-refractivity contribution is 5.90. The third-order valence-corrected chi connectivity index (χ3v) is 6.08. The van der Waals surface area contributed by atoms with Crippen molar-refractivity contribution in [2.75, 3.05) is 5.32 Å². The van der Waals surface area contributed by atoms with E-state index in [2.05, 4.69) is 15.7 Å². The number of nitrogens with one attached hydrogen (secondary N) is 2. The van der Waals surface area contributed by atoms with Crippen LogP contribution in [0.5, 0.6) is 0 Å². The van der Waals surface area contributed by atoms with Crippen LogP contribution in [0.1, 0.15) is 37.7 Å². The Hall–Kier alpha value is -2.93. The molecule has 1 aromatic carbocycles. The average molecular weight is 391 g/mol. The predicted octanol–water partition coefficient (Wildman–Crippen LogP) is 2.40. The van der Waals surface area contributed by atoms with E-state index in [0.29, 0.717) is 36.6 Å². The molecule has 0 radical (unpaired) electrons. The maximum Gasteiger partial charge on any atom is 0.350 e. The molecule has 2 N–H and O–H groups in total. The maximum atomic E-state index is 12.6. The summed E-state index contributed by atoms with van der Waals surface area (Å²) in [4.78, 5) is 25.0. The van der Waals surface area contributed by atoms with Crippen LogP contribution < -0.4 is 16.3 Å². The number of nitrogens with zero attached hydrogens (tertiary/aromatic N) is 3. The van der Waals surface area contributed by atoms with Crippen LogP contribution in [0.3, 0.4) is 0 Å². The number of amides is 1. The van der Waals surface area contributed by atoms with Crippen molar-refractivity contribution in [2.24, 2.45) is 5.92 Å². The summed E-state index contributed by atoms with van der Waals surface area (Å²) in [6.07, 6.45) is 6.97. The quantitative estimate of drug-likeness (QED) is 0.700. The van der Waals surface area contributed by atoms with Gasteiger partial charge in [0.25, 0.3) is 0 Å². The number of hydrogen-bond donors (Lipinski definition) is 2. The van der Waals surface area contributed by atoms with Gasteiger partial charge >= 0.3 is 5.69 Å². The van der Waals surface area contributed by atoms with Gasteiger partial charge in [0.05, 0.1) is 6.54 Å². The van der Waals surface area contributed by atoms with Gasteiger partial charge in [0.2, 0.25) is 5.91 Å². The van der Waals surface area contributed by atoms with Crippen LogP contribution in [-0.2, 0) is 11.3 Å². The molecular weight excluding hydrogens is 366 g/mol. The van der Waals surface area contributed by atoms with Crippen molar-refractivity contribution in [3.8, 4) is 0 Å². The van der Waals surface area contributed by atoms with Crippen molar-refractivity contribution in [3.05, 3.63) is 64.7 Å². The lowest BCUT2D eigenvalue weighted by molar-refractivity contribution is -0.117. The number of benzene rings is 1. The number of piperidine rings is 1. The summed E-state index contributed by atoms with van der Waals surface area (Å²) < 4.78 is 2.97. The van der Waals surface area contributed by atoms with Crippen molar-refractivity contribution < 1.29 is 4.79 Å². The van der Waals surface area contributed by atoms with Crippen molar-refractivity contribution >= 4 is 17.2 Å². The SMILES string of the molecule is O=C(CC1CC2CCC(C1)N2)Nc1cccc(Cn2nc3ccccn3c2=O)c1. The molecule has 5 rings (SSSR count). The van der Waals surface area contributed by atoms with Crippen molar-refractivity contribution in [1.29, 1.82) is 0 Å². The first-order valence-corrected chi connectivity index (χ1v) is 10.3. The smallest absolute Gasteiger partial charge is 0.326 e. The number of fused-ring (bicyclic) bond motifs is 3. The number of pyridine rings is 1. The van der Waals surface area contributed by atoms with Crippen molar-refractivity contribution in [2.45, 2.75) is 50.7 Å². The van der Waals surface area contributed by atoms with Gasteiger partial charge in [-0.05, 0) is 61.4 Å². The Balaban J connectivity index is 1.25. The fourth-order valence-corrected chi connectivity index (χ4v) is 4.81. The molecule has 2 saturated heterocycles. The van der Waals surface area contributed by atoms with Crippen molar-refractivity contribution in [1.82, 2.24) is 19.5 Å². The van der Waals surface area contributed by atoms with Crippen molar-refractivity contribution in [3.63, 3.8) is 0 Å². The molecule has 7 nitrogen and oxygen atoms in total. The van der Waals surface area contributed by atoms with E-state index in [1.165, 1.54) is 21.9 Å². The summed E-state index contributed by atoms with van der Waals surface area (Å²) >= 11 is 0. The van der Waals surface area contributed by atoms with Gasteiger partial charge in [-0.15, -0.1) is 5.10 Å². The second-order valence-electron chi connectivity index (χ2n) is 8.30. The van der Waals surface area contributed by atoms with Gasteiger partial charge < -0.3 is 10.6 Å². The van der Waals surface area contributed by atoms with Gasteiger partial charge in [-0.25, -0.2) is 9.48 Å². The molecule has 2 aliphatic rings. The minimum absolute atomic E-state index is 0.0679. The minimum Gasteiger partial charge on any atom is -0.326 e. The molecule has 2 atom stereocenters. The molecule has 0 spiro atoms. The minimum atomic E-state index is -0.171. The molecule has 3 aromatic rings. The Labute approximate surface area is 168 Å². The highest BCUT2D eigenvalue weighted by Crippen LogP contribution is 2.32. The van der Waals surface area contributed by atoms with E-state index in [0.717, 1.165) is 24.1 Å². The second kappa shape index (κ2) is 7.48. The number of hydrogen-bond acceptors (Lipinski definition) is 4. The lowest BCUT2D eigenvalue weighted by Crippen LogP contribution is -2.39. The van der Waals surface area contributed by atoms with E-state index in [-0.39, 0.29) is 11.6 Å². The number of anilines is 1. The standard InChI is InChI=1S/C22H25N5O2/c28-21(13-16-11-18-7-8-19(12-16)23-18)24-17-5-3-4-15(10-17)14-27-22(29)26-9-2-1-6-20(26)25-27/h1-6,9-10,16,18-19,23H,7-8,11-14H2,(H,24,28). The Morgan fingerprint density at radius 2 is 1.97 bits per heavy atom. The molecule has 2 unspecified atom stereocenters. The molecule has 1 amide bonds. The number of aromatic nitrogens is 3. The maximum absolute atomic E-state index is 12.6. The lowest BCUT2D eigenvalue weighted by Gasteiger charge is -2.28. The van der Waals surface area contributed by atoms with Gasteiger partial charge in [0, 0.05) is 30.4 Å². The molecule has 0 saturated carbocycles. The Morgan fingerprint density at radius 1 is 1.14 bits per heavy atom. The van der Waals surface area contributed by atoms with Crippen LogP contribution in [0.25, 0.3) is 5.65 Å². The zero-order valence-corrected chi connectivity index (χ0v) is 16.3. The largest absolute Gasteiger partial charge is 0.350 e. The zero-order valence-electron chi connectivity index (χ0n) is 16.3. The molecule has 2 bridgehead atoms. The summed E-state index contributed by atoms with van der Waals surface area (Å²) in [6.45, 7) is 0.363. The summed E-state index contributed by atoms with van der Waals surface area (Å²) in [5.74, 6) is 0.534. The summed E-state index contributed by atoms with van der Waals surface area (Å²) in [6, 6.07) is 14.3. The lowest BCUT2D eigenvalue weighted by atomic mass is 9.89. The molecule has 29 heavy (non-hydrogen) atoms. The van der Waals surface area contributed by atoms with E-state index in [1.54, 1.807) is 6.20 Å². The van der Waals surface area contributed by atoms with E-state index >= 15 is 0 Å². The Morgan fingerprint density at radius 3 is 2.76 bits per heavy atom. The summed E-state index contributed by atoms with van der Waals surface area (Å²) in [5, 5.41) is 11.0. The van der Waals surface area contributed by atoms with Gasteiger partial charge in [-0.1, -0.05) is 18.2 Å². The molecule has 2 fully saturated rings. The monoisotopic (exact) mass is 391 g/mol. The van der Waals surface area contributed by atoms with Gasteiger partial charge in [-0.2, -0.15) is 0 Å². The third-order valence-electron chi connectivity index (χ3n) is 6.08. The van der Waals surface area contributed by atoms with Crippen LogP contribution in [0.2, 0.25) is 0 Å². The van der Waals surface area contributed by atoms with Gasteiger partial charge in [-0.3, -0.25) is 9.20 Å². The van der Waals surface area contributed by atoms with E-state index in [4.69, 9.17) is 0 Å². The summed E-state index contributed by atoms with van der Waals surface area (Å²) in [5.41, 5.74) is 2.14. The van der Waals surface area contributed by atoms with E-state index in [1.807, 2.05) is 42.5 Å². The van der Waals surface area contributed by atoms with Gasteiger partial charge in [0.15, 0.2) is 5.65 Å². The highest BCUT2D eigenvalue weighted by Gasteiger charge is 2.34. The zero-order chi connectivity index (χ0) is 19.8. The molecule has 4 heterocycles. The second-order valence-corrected chi connectivity index (χ2v) is 8.30. The van der Waals surface area contributed by atoms with Crippen LogP contribution in [0.15, 0.2) is 53.5 Å². The fourth-order valence-electron chi connectivity index (χ4n) is 4.81. The van der Waals surface area contributed by atoms with Crippen LogP contribution in [-0.4, -0.2) is 32.2 Å². The Bertz CT molecular complexity index is 1090. The molecule has 7 heteroatoms. The predicted molar refractivity (Wildman–Crippen MR) is 111 cm³/mol.